The maximum Gasteiger partial charge on any atom is 0.269 e. The van der Waals surface area contributed by atoms with Crippen molar-refractivity contribution < 1.29 is 18.5 Å². The normalized spacial score (nSPS) is 10.3. The van der Waals surface area contributed by atoms with Crippen LogP contribution in [0.1, 0.15) is 5.56 Å². The molecule has 114 valence electrons. The Bertz CT molecular complexity index is 712. The molecule has 0 atom stereocenters. The number of carbonyl (C=O) groups excluding carboxylic acids is 1. The predicted molar refractivity (Wildman–Crippen MR) is 84.5 cm³/mol. The van der Waals surface area contributed by atoms with Gasteiger partial charge in [0, 0.05) is 17.8 Å². The van der Waals surface area contributed by atoms with Crippen LogP contribution in [0.5, 0.6) is 0 Å². The van der Waals surface area contributed by atoms with Crippen molar-refractivity contribution in [1.82, 2.24) is 0 Å². The van der Waals surface area contributed by atoms with Gasteiger partial charge in [-0.25, -0.2) is 8.78 Å². The smallest absolute Gasteiger partial charge is 0.269 e. The number of rotatable bonds is 4. The van der Waals surface area contributed by atoms with E-state index in [0.29, 0.717) is 5.56 Å². The molecule has 0 heterocycles. The van der Waals surface area contributed by atoms with Crippen LogP contribution in [-0.2, 0) is 11.2 Å². The summed E-state index contributed by atoms with van der Waals surface area (Å²) in [7, 11) is 0. The zero-order valence-electron chi connectivity index (χ0n) is 11.0. The molecule has 2 aromatic carbocycles. The quantitative estimate of drug-likeness (QED) is 0.357. The van der Waals surface area contributed by atoms with Crippen molar-refractivity contribution in [2.24, 2.45) is 0 Å². The van der Waals surface area contributed by atoms with Crippen LogP contribution in [0, 0.1) is 25.3 Å². The van der Waals surface area contributed by atoms with E-state index in [0.717, 1.165) is 12.1 Å². The first-order chi connectivity index (χ1) is 10.4. The number of hydrogen-bond donors (Lipinski definition) is 1. The highest BCUT2D eigenvalue weighted by molar-refractivity contribution is 14.1. The summed E-state index contributed by atoms with van der Waals surface area (Å²) >= 11 is 1.53. The van der Waals surface area contributed by atoms with E-state index in [1.165, 1.54) is 46.9 Å². The molecule has 0 aliphatic heterocycles. The number of amides is 1. The van der Waals surface area contributed by atoms with Crippen LogP contribution in [0.25, 0.3) is 0 Å². The van der Waals surface area contributed by atoms with Gasteiger partial charge in [0.1, 0.15) is 11.6 Å². The molecule has 2 aromatic rings. The number of hydrogen-bond acceptors (Lipinski definition) is 3. The van der Waals surface area contributed by atoms with Gasteiger partial charge in [0.15, 0.2) is 0 Å². The van der Waals surface area contributed by atoms with Crippen LogP contribution in [-0.4, -0.2) is 10.8 Å². The second-order valence-electron chi connectivity index (χ2n) is 4.40. The zero-order chi connectivity index (χ0) is 16.3. The molecule has 0 aliphatic rings. The molecule has 5 nitrogen and oxygen atoms in total. The number of halogens is 3. The molecule has 22 heavy (non-hydrogen) atoms. The molecular formula is C14H9F2IN2O3. The third-order valence-corrected chi connectivity index (χ3v) is 3.81. The van der Waals surface area contributed by atoms with Gasteiger partial charge in [-0.1, -0.05) is 12.1 Å². The van der Waals surface area contributed by atoms with Gasteiger partial charge >= 0.3 is 0 Å². The predicted octanol–water partition coefficient (Wildman–Crippen LogP) is 3.66. The summed E-state index contributed by atoms with van der Waals surface area (Å²) in [5.74, 6) is -1.99. The standard InChI is InChI=1S/C14H9F2IN2O3/c15-11-6-9(7-12(16)14(11)17)18-13(20)5-8-1-3-10(4-2-8)19(21)22/h1-4,6-7H,5H2,(H,18,20). The molecule has 0 aromatic heterocycles. The van der Waals surface area contributed by atoms with E-state index >= 15 is 0 Å². The Morgan fingerprint density at radius 2 is 1.73 bits per heavy atom. The maximum atomic E-state index is 13.4. The SMILES string of the molecule is O=C(Cc1ccc([N+](=O)[O-])cc1)Nc1cc(F)c(I)c(F)c1. The number of benzene rings is 2. The molecule has 1 N–H and O–H groups in total. The maximum absolute atomic E-state index is 13.4. The van der Waals surface area contributed by atoms with E-state index in [9.17, 15) is 23.7 Å². The van der Waals surface area contributed by atoms with Gasteiger partial charge in [0.05, 0.1) is 14.9 Å². The minimum absolute atomic E-state index is 0.0160. The number of nitrogens with one attached hydrogen (secondary N) is 1. The Labute approximate surface area is 137 Å². The minimum Gasteiger partial charge on any atom is -0.326 e. The monoisotopic (exact) mass is 418 g/mol. The first kappa shape index (κ1) is 16.3. The van der Waals surface area contributed by atoms with E-state index in [1.54, 1.807) is 0 Å². The van der Waals surface area contributed by atoms with Crippen molar-refractivity contribution in [2.75, 3.05) is 5.32 Å². The fourth-order valence-corrected chi connectivity index (χ4v) is 2.07. The van der Waals surface area contributed by atoms with Gasteiger partial charge < -0.3 is 5.32 Å². The second-order valence-corrected chi connectivity index (χ2v) is 5.48. The largest absolute Gasteiger partial charge is 0.326 e. The minimum atomic E-state index is -0.758. The zero-order valence-corrected chi connectivity index (χ0v) is 13.1. The number of anilines is 1. The molecular weight excluding hydrogens is 409 g/mol. The molecule has 0 radical (unpaired) electrons. The summed E-state index contributed by atoms with van der Waals surface area (Å²) in [5.41, 5.74) is 0.489. The summed E-state index contributed by atoms with van der Waals surface area (Å²) in [4.78, 5) is 21.8. The molecule has 0 fully saturated rings. The average molecular weight is 418 g/mol. The molecule has 0 unspecified atom stereocenters. The van der Waals surface area contributed by atoms with E-state index in [4.69, 9.17) is 0 Å². The number of nitro groups is 1. The van der Waals surface area contributed by atoms with Crippen LogP contribution in [0.2, 0.25) is 0 Å². The van der Waals surface area contributed by atoms with Gasteiger partial charge in [-0.3, -0.25) is 14.9 Å². The Morgan fingerprint density at radius 1 is 1.18 bits per heavy atom. The fourth-order valence-electron chi connectivity index (χ4n) is 1.75. The van der Waals surface area contributed by atoms with E-state index < -0.39 is 22.5 Å². The van der Waals surface area contributed by atoms with Crippen molar-refractivity contribution in [1.29, 1.82) is 0 Å². The molecule has 0 aliphatic carbocycles. The third-order valence-electron chi connectivity index (χ3n) is 2.78. The lowest BCUT2D eigenvalue weighted by molar-refractivity contribution is -0.384. The number of nitrogens with zero attached hydrogens (tertiary/aromatic N) is 1. The van der Waals surface area contributed by atoms with Crippen molar-refractivity contribution in [3.05, 3.63) is 67.3 Å². The topological polar surface area (TPSA) is 72.2 Å². The molecule has 0 bridgehead atoms. The van der Waals surface area contributed by atoms with E-state index in [2.05, 4.69) is 5.32 Å². The highest BCUT2D eigenvalue weighted by atomic mass is 127. The summed E-state index contributed by atoms with van der Waals surface area (Å²) in [6, 6.07) is 7.52. The van der Waals surface area contributed by atoms with Crippen LogP contribution in [0.15, 0.2) is 36.4 Å². The molecule has 0 saturated carbocycles. The van der Waals surface area contributed by atoms with Gasteiger partial charge in [0.2, 0.25) is 5.91 Å². The lowest BCUT2D eigenvalue weighted by atomic mass is 10.1. The van der Waals surface area contributed by atoms with E-state index in [1.807, 2.05) is 0 Å². The first-order valence-corrected chi connectivity index (χ1v) is 7.12. The van der Waals surface area contributed by atoms with Gasteiger partial charge in [-0.2, -0.15) is 0 Å². The number of carbonyl (C=O) groups is 1. The highest BCUT2D eigenvalue weighted by Crippen LogP contribution is 2.20. The summed E-state index contributed by atoms with van der Waals surface area (Å²) in [5, 5.41) is 12.9. The van der Waals surface area contributed by atoms with Crippen LogP contribution >= 0.6 is 22.6 Å². The van der Waals surface area contributed by atoms with Crippen LogP contribution < -0.4 is 5.32 Å². The van der Waals surface area contributed by atoms with Crippen molar-refractivity contribution >= 4 is 39.9 Å². The van der Waals surface area contributed by atoms with Crippen molar-refractivity contribution in [3.8, 4) is 0 Å². The lowest BCUT2D eigenvalue weighted by Gasteiger charge is -2.07. The molecule has 0 saturated heterocycles. The lowest BCUT2D eigenvalue weighted by Crippen LogP contribution is -2.15. The van der Waals surface area contributed by atoms with Gasteiger partial charge in [0.25, 0.3) is 5.69 Å². The average Bonchev–Trinajstić information content (AvgIpc) is 2.45. The first-order valence-electron chi connectivity index (χ1n) is 6.04. The van der Waals surface area contributed by atoms with Crippen LogP contribution in [0.3, 0.4) is 0 Å². The Kier molecular flexibility index (Phi) is 5.01. The Hall–Kier alpha value is -2.10. The number of non-ortho nitro benzene ring substituents is 1. The van der Waals surface area contributed by atoms with Crippen LogP contribution in [0.4, 0.5) is 20.2 Å². The molecule has 2 rings (SSSR count). The van der Waals surface area contributed by atoms with Gasteiger partial charge in [-0.15, -0.1) is 0 Å². The molecule has 8 heteroatoms. The summed E-state index contributed by atoms with van der Waals surface area (Å²) in [6.45, 7) is 0. The van der Waals surface area contributed by atoms with Crippen molar-refractivity contribution in [3.63, 3.8) is 0 Å². The molecule has 1 amide bonds. The Balaban J connectivity index is 2.05. The second kappa shape index (κ2) is 6.77. The summed E-state index contributed by atoms with van der Waals surface area (Å²) < 4.78 is 26.6. The third kappa shape index (κ3) is 3.97. The summed E-state index contributed by atoms with van der Waals surface area (Å²) in [6.07, 6.45) is -0.0623. The highest BCUT2D eigenvalue weighted by Gasteiger charge is 2.11. The molecule has 0 spiro atoms. The van der Waals surface area contributed by atoms with Gasteiger partial charge in [-0.05, 0) is 40.3 Å². The van der Waals surface area contributed by atoms with Crippen molar-refractivity contribution in [2.45, 2.75) is 6.42 Å². The Morgan fingerprint density at radius 3 is 2.23 bits per heavy atom. The van der Waals surface area contributed by atoms with E-state index in [-0.39, 0.29) is 21.4 Å². The fraction of sp³-hybridized carbons (Fsp3) is 0.0714. The number of nitro benzene ring substituents is 1.